The summed E-state index contributed by atoms with van der Waals surface area (Å²) >= 11 is 0. The fraction of sp³-hybridized carbons (Fsp3) is 0.185. The maximum absolute atomic E-state index is 13.2. The molecule has 0 aliphatic carbocycles. The van der Waals surface area contributed by atoms with Crippen molar-refractivity contribution in [2.45, 2.75) is 25.7 Å². The summed E-state index contributed by atoms with van der Waals surface area (Å²) in [6.45, 7) is 2.48. The summed E-state index contributed by atoms with van der Waals surface area (Å²) in [6.07, 6.45) is -4.11. The minimum Gasteiger partial charge on any atom is -0.507 e. The number of alkyl halides is 3. The molecule has 1 atom stereocenters. The van der Waals surface area contributed by atoms with Crippen LogP contribution in [0.3, 0.4) is 0 Å². The van der Waals surface area contributed by atoms with Crippen LogP contribution in [-0.2, 0) is 9.59 Å². The van der Waals surface area contributed by atoms with Crippen LogP contribution in [0, 0.1) is 0 Å². The second-order valence-corrected chi connectivity index (χ2v) is 8.00. The summed E-state index contributed by atoms with van der Waals surface area (Å²) in [4.78, 5) is 27.4. The number of aliphatic hydroxyl groups excluding tert-OH is 1. The minimum absolute atomic E-state index is 0.00932. The van der Waals surface area contributed by atoms with Crippen LogP contribution < -0.4 is 14.4 Å². The van der Waals surface area contributed by atoms with E-state index < -0.39 is 35.6 Å². The predicted octanol–water partition coefficient (Wildman–Crippen LogP) is 6.00. The van der Waals surface area contributed by atoms with Crippen LogP contribution in [-0.4, -0.2) is 29.8 Å². The van der Waals surface area contributed by atoms with Gasteiger partial charge in [0, 0.05) is 17.3 Å². The lowest BCUT2D eigenvalue weighted by molar-refractivity contribution is -0.274. The molecule has 1 N–H and O–H groups in total. The van der Waals surface area contributed by atoms with E-state index in [4.69, 9.17) is 4.74 Å². The van der Waals surface area contributed by atoms with E-state index in [0.29, 0.717) is 17.9 Å². The van der Waals surface area contributed by atoms with Crippen molar-refractivity contribution in [2.24, 2.45) is 0 Å². The van der Waals surface area contributed by atoms with Crippen LogP contribution in [0.4, 0.5) is 18.9 Å². The van der Waals surface area contributed by atoms with E-state index in [9.17, 15) is 27.9 Å². The van der Waals surface area contributed by atoms with Gasteiger partial charge in [-0.25, -0.2) is 0 Å². The number of Topliss-reactive ketones (excluding diaryl/α,β-unsaturated/α-hetero) is 1. The van der Waals surface area contributed by atoms with Gasteiger partial charge >= 0.3 is 6.36 Å². The van der Waals surface area contributed by atoms with E-state index in [-0.39, 0.29) is 16.8 Å². The lowest BCUT2D eigenvalue weighted by atomic mass is 9.95. The maximum atomic E-state index is 13.2. The molecule has 1 aliphatic heterocycles. The average Bonchev–Trinajstić information content (AvgIpc) is 3.12. The number of halogens is 3. The van der Waals surface area contributed by atoms with Gasteiger partial charge in [-0.15, -0.1) is 13.2 Å². The molecule has 1 amide bonds. The molecule has 1 unspecified atom stereocenters. The highest BCUT2D eigenvalue weighted by Gasteiger charge is 2.47. The van der Waals surface area contributed by atoms with Gasteiger partial charge in [-0.3, -0.25) is 14.5 Å². The van der Waals surface area contributed by atoms with Crippen LogP contribution in [0.5, 0.6) is 11.5 Å². The topological polar surface area (TPSA) is 76.1 Å². The second-order valence-electron chi connectivity index (χ2n) is 8.00. The smallest absolute Gasteiger partial charge is 0.507 e. The van der Waals surface area contributed by atoms with Crippen LogP contribution >= 0.6 is 0 Å². The quantitative estimate of drug-likeness (QED) is 0.246. The van der Waals surface area contributed by atoms with E-state index in [1.807, 2.05) is 6.92 Å². The maximum Gasteiger partial charge on any atom is 0.573 e. The molecule has 36 heavy (non-hydrogen) atoms. The number of carbonyl (C=O) groups is 2. The molecular weight excluding hydrogens is 475 g/mol. The van der Waals surface area contributed by atoms with Crippen molar-refractivity contribution in [1.82, 2.24) is 0 Å². The van der Waals surface area contributed by atoms with Crippen LogP contribution in [0.2, 0.25) is 0 Å². The molecule has 4 rings (SSSR count). The monoisotopic (exact) mass is 497 g/mol. The van der Waals surface area contributed by atoms with Gasteiger partial charge in [0.25, 0.3) is 11.7 Å². The number of nitrogens with zero attached hydrogens (tertiary/aromatic N) is 1. The number of hydrogen-bond donors (Lipinski definition) is 1. The van der Waals surface area contributed by atoms with E-state index in [1.54, 1.807) is 54.6 Å². The Morgan fingerprint density at radius 2 is 1.64 bits per heavy atom. The molecule has 0 radical (unpaired) electrons. The molecule has 9 heteroatoms. The van der Waals surface area contributed by atoms with Gasteiger partial charge in [0.1, 0.15) is 17.3 Å². The number of amides is 1. The lowest BCUT2D eigenvalue weighted by Gasteiger charge is -2.26. The molecular formula is C27H22F3NO5. The zero-order valence-electron chi connectivity index (χ0n) is 19.2. The molecule has 0 bridgehead atoms. The first-order valence-corrected chi connectivity index (χ1v) is 11.1. The first kappa shape index (κ1) is 24.8. The number of benzene rings is 3. The summed E-state index contributed by atoms with van der Waals surface area (Å²) in [5.74, 6) is -2.33. The molecule has 0 spiro atoms. The third-order valence-electron chi connectivity index (χ3n) is 5.49. The standard InChI is InChI=1S/C27H22F3NO5/c1-2-15-35-20-13-11-18(12-14-20)24(32)22-23(17-7-4-3-5-8-17)31(26(34)25(22)33)19-9-6-10-21(16-19)36-27(28,29)30/h3-14,16,23,32H,2,15H2,1H3/b24-22+. The fourth-order valence-electron chi connectivity index (χ4n) is 3.96. The van der Waals surface area contributed by atoms with Gasteiger partial charge < -0.3 is 14.6 Å². The zero-order chi connectivity index (χ0) is 25.9. The second kappa shape index (κ2) is 10.2. The highest BCUT2D eigenvalue weighted by atomic mass is 19.4. The normalized spacial score (nSPS) is 17.3. The number of carbonyl (C=O) groups excluding carboxylic acids is 2. The van der Waals surface area contributed by atoms with E-state index in [2.05, 4.69) is 4.74 Å². The zero-order valence-corrected chi connectivity index (χ0v) is 19.2. The van der Waals surface area contributed by atoms with Gasteiger partial charge in [0.15, 0.2) is 0 Å². The van der Waals surface area contributed by atoms with E-state index in [1.165, 1.54) is 12.1 Å². The molecule has 0 saturated carbocycles. The Labute approximate surface area is 205 Å². The summed E-state index contributed by atoms with van der Waals surface area (Å²) in [5.41, 5.74) is 0.598. The van der Waals surface area contributed by atoms with E-state index in [0.717, 1.165) is 23.5 Å². The number of rotatable bonds is 7. The van der Waals surface area contributed by atoms with Crippen molar-refractivity contribution in [1.29, 1.82) is 0 Å². The van der Waals surface area contributed by atoms with Crippen molar-refractivity contribution in [3.8, 4) is 11.5 Å². The highest BCUT2D eigenvalue weighted by molar-refractivity contribution is 6.51. The van der Waals surface area contributed by atoms with Crippen LogP contribution in [0.1, 0.15) is 30.5 Å². The molecule has 0 aromatic heterocycles. The number of ketones is 1. The van der Waals surface area contributed by atoms with E-state index >= 15 is 0 Å². The summed E-state index contributed by atoms with van der Waals surface area (Å²) in [5, 5.41) is 11.1. The summed E-state index contributed by atoms with van der Waals surface area (Å²) in [7, 11) is 0. The van der Waals surface area contributed by atoms with Gasteiger partial charge in [-0.2, -0.15) is 0 Å². The van der Waals surface area contributed by atoms with Gasteiger partial charge in [-0.1, -0.05) is 43.3 Å². The van der Waals surface area contributed by atoms with Crippen molar-refractivity contribution in [3.05, 3.63) is 95.6 Å². The van der Waals surface area contributed by atoms with Crippen LogP contribution in [0.15, 0.2) is 84.4 Å². The fourth-order valence-corrected chi connectivity index (χ4v) is 3.96. The Kier molecular flexibility index (Phi) is 7.00. The number of ether oxygens (including phenoxy) is 2. The SMILES string of the molecule is CCCOc1ccc(/C(O)=C2\C(=O)C(=O)N(c3cccc(OC(F)(F)F)c3)C2c2ccccc2)cc1. The lowest BCUT2D eigenvalue weighted by Crippen LogP contribution is -2.29. The highest BCUT2D eigenvalue weighted by Crippen LogP contribution is 2.43. The minimum atomic E-state index is -4.93. The largest absolute Gasteiger partial charge is 0.573 e. The number of hydrogen-bond acceptors (Lipinski definition) is 5. The summed E-state index contributed by atoms with van der Waals surface area (Å²) in [6, 6.07) is 18.6. The molecule has 1 saturated heterocycles. The molecule has 3 aromatic rings. The molecule has 1 fully saturated rings. The van der Waals surface area contributed by atoms with Crippen molar-refractivity contribution in [2.75, 3.05) is 11.5 Å². The van der Waals surface area contributed by atoms with Gasteiger partial charge in [-0.05, 0) is 48.4 Å². The Morgan fingerprint density at radius 3 is 2.28 bits per heavy atom. The Morgan fingerprint density at radius 1 is 0.944 bits per heavy atom. The molecule has 186 valence electrons. The van der Waals surface area contributed by atoms with Crippen molar-refractivity contribution < 1.29 is 37.3 Å². The molecule has 6 nitrogen and oxygen atoms in total. The Hall–Kier alpha value is -4.27. The first-order valence-electron chi connectivity index (χ1n) is 11.1. The van der Waals surface area contributed by atoms with Crippen molar-refractivity contribution in [3.63, 3.8) is 0 Å². The first-order chi connectivity index (χ1) is 17.2. The Bertz CT molecular complexity index is 1290. The predicted molar refractivity (Wildman–Crippen MR) is 127 cm³/mol. The number of aliphatic hydroxyl groups is 1. The molecule has 1 heterocycles. The van der Waals surface area contributed by atoms with Crippen LogP contribution in [0.25, 0.3) is 5.76 Å². The Balaban J connectivity index is 1.81. The number of anilines is 1. The third kappa shape index (κ3) is 5.19. The molecule has 3 aromatic carbocycles. The third-order valence-corrected chi connectivity index (χ3v) is 5.49. The summed E-state index contributed by atoms with van der Waals surface area (Å²) < 4.78 is 47.9. The van der Waals surface area contributed by atoms with Gasteiger partial charge in [0.2, 0.25) is 0 Å². The van der Waals surface area contributed by atoms with Gasteiger partial charge in [0.05, 0.1) is 18.2 Å². The molecule has 1 aliphatic rings. The average molecular weight is 497 g/mol. The van der Waals surface area contributed by atoms with Crippen molar-refractivity contribution >= 4 is 23.1 Å².